The van der Waals surface area contributed by atoms with Gasteiger partial charge in [0.1, 0.15) is 30.4 Å². The second-order valence-corrected chi connectivity index (χ2v) is 5.60. The zero-order chi connectivity index (χ0) is 17.2. The average Bonchev–Trinajstić information content (AvgIpc) is 3.02. The molecule has 124 valence electrons. The fourth-order valence-electron chi connectivity index (χ4n) is 2.56. The molecule has 0 aliphatic rings. The first-order chi connectivity index (χ1) is 11.5. The van der Waals surface area contributed by atoms with Gasteiger partial charge in [0.2, 0.25) is 0 Å². The highest BCUT2D eigenvalue weighted by atomic mass is 19.1. The molecule has 24 heavy (non-hydrogen) atoms. The Balaban J connectivity index is 2.04. The van der Waals surface area contributed by atoms with Gasteiger partial charge in [-0.25, -0.2) is 28.4 Å². The first-order valence-corrected chi connectivity index (χ1v) is 7.24. The summed E-state index contributed by atoms with van der Waals surface area (Å²) in [6, 6.07) is 4.49. The van der Waals surface area contributed by atoms with E-state index in [4.69, 9.17) is 0 Å². The maximum Gasteiger partial charge on any atom is 0.163 e. The Kier molecular flexibility index (Phi) is 4.30. The predicted molar refractivity (Wildman–Crippen MR) is 80.7 cm³/mol. The maximum absolute atomic E-state index is 14.4. The number of hydrogen-bond donors (Lipinski definition) is 1. The van der Waals surface area contributed by atoms with Crippen molar-refractivity contribution in [3.8, 4) is 0 Å². The highest BCUT2D eigenvalue weighted by Gasteiger charge is 2.35. The molecule has 0 saturated heterocycles. The molecule has 3 rings (SSSR count). The minimum Gasteiger partial charge on any atom is -0.383 e. The molecule has 1 N–H and O–H groups in total. The van der Waals surface area contributed by atoms with Gasteiger partial charge in [-0.3, -0.25) is 0 Å². The van der Waals surface area contributed by atoms with Gasteiger partial charge in [0.25, 0.3) is 0 Å². The number of aliphatic hydroxyl groups is 1. The van der Waals surface area contributed by atoms with Crippen molar-refractivity contribution in [1.82, 2.24) is 24.7 Å². The van der Waals surface area contributed by atoms with E-state index in [2.05, 4.69) is 20.1 Å². The third kappa shape index (κ3) is 3.28. The normalized spacial score (nSPS) is 13.7. The zero-order valence-corrected chi connectivity index (χ0v) is 12.9. The molecule has 1 atom stereocenters. The van der Waals surface area contributed by atoms with Crippen LogP contribution in [0.1, 0.15) is 16.8 Å². The number of benzene rings is 1. The highest BCUT2D eigenvalue weighted by molar-refractivity contribution is 5.30. The number of halogens is 2. The summed E-state index contributed by atoms with van der Waals surface area (Å²) < 4.78 is 29.7. The molecule has 2 heterocycles. The van der Waals surface area contributed by atoms with Crippen molar-refractivity contribution < 1.29 is 13.9 Å². The van der Waals surface area contributed by atoms with Gasteiger partial charge in [0.15, 0.2) is 5.82 Å². The van der Waals surface area contributed by atoms with E-state index in [1.54, 1.807) is 13.0 Å². The smallest absolute Gasteiger partial charge is 0.163 e. The number of nitrogens with zero attached hydrogens (tertiary/aromatic N) is 5. The largest absolute Gasteiger partial charge is 0.383 e. The van der Waals surface area contributed by atoms with E-state index < -0.39 is 17.2 Å². The summed E-state index contributed by atoms with van der Waals surface area (Å²) in [6.45, 7) is 1.64. The summed E-state index contributed by atoms with van der Waals surface area (Å²) in [4.78, 5) is 11.2. The van der Waals surface area contributed by atoms with E-state index in [1.807, 2.05) is 0 Å². The molecule has 0 saturated carbocycles. The summed E-state index contributed by atoms with van der Waals surface area (Å²) in [6.07, 6.45) is 4.65. The Hall–Kier alpha value is -2.74. The van der Waals surface area contributed by atoms with Gasteiger partial charge >= 0.3 is 0 Å². The Morgan fingerprint density at radius 2 is 2.00 bits per heavy atom. The quantitative estimate of drug-likeness (QED) is 0.771. The third-order valence-electron chi connectivity index (χ3n) is 3.72. The molecule has 2 aromatic heterocycles. The first kappa shape index (κ1) is 16.1. The van der Waals surface area contributed by atoms with Gasteiger partial charge in [0.05, 0.1) is 18.4 Å². The molecule has 1 aromatic carbocycles. The van der Waals surface area contributed by atoms with Crippen LogP contribution in [0.3, 0.4) is 0 Å². The summed E-state index contributed by atoms with van der Waals surface area (Å²) in [5, 5.41) is 15.1. The molecule has 8 heteroatoms. The second kappa shape index (κ2) is 6.40. The Labute approximate surface area is 136 Å². The lowest BCUT2D eigenvalue weighted by atomic mass is 9.87. The van der Waals surface area contributed by atoms with E-state index in [0.717, 1.165) is 6.20 Å². The van der Waals surface area contributed by atoms with Crippen molar-refractivity contribution in [3.63, 3.8) is 0 Å². The van der Waals surface area contributed by atoms with Crippen LogP contribution in [0.4, 0.5) is 8.78 Å². The van der Waals surface area contributed by atoms with E-state index in [0.29, 0.717) is 5.56 Å². The number of hydrogen-bond acceptors (Lipinski definition) is 5. The van der Waals surface area contributed by atoms with Crippen LogP contribution in [0, 0.1) is 18.6 Å². The van der Waals surface area contributed by atoms with Crippen LogP contribution < -0.4 is 0 Å². The van der Waals surface area contributed by atoms with Crippen LogP contribution in [-0.2, 0) is 18.6 Å². The fraction of sp³-hybridized carbons (Fsp3) is 0.250. The van der Waals surface area contributed by atoms with Crippen LogP contribution in [0.2, 0.25) is 0 Å². The minimum absolute atomic E-state index is 0.00686. The first-order valence-electron chi connectivity index (χ1n) is 7.24. The van der Waals surface area contributed by atoms with Crippen molar-refractivity contribution in [3.05, 3.63) is 71.8 Å². The van der Waals surface area contributed by atoms with Crippen LogP contribution in [-0.4, -0.2) is 29.8 Å². The molecule has 0 radical (unpaired) electrons. The second-order valence-electron chi connectivity index (χ2n) is 5.60. The van der Waals surface area contributed by atoms with Gasteiger partial charge in [-0.2, -0.15) is 5.10 Å². The molecule has 3 aromatic rings. The lowest BCUT2D eigenvalue weighted by Gasteiger charge is -2.29. The van der Waals surface area contributed by atoms with E-state index in [9.17, 15) is 13.9 Å². The van der Waals surface area contributed by atoms with Crippen molar-refractivity contribution in [1.29, 1.82) is 0 Å². The number of aromatic nitrogens is 5. The fourth-order valence-corrected chi connectivity index (χ4v) is 2.56. The van der Waals surface area contributed by atoms with Gasteiger partial charge < -0.3 is 5.11 Å². The lowest BCUT2D eigenvalue weighted by molar-refractivity contribution is 0.00998. The van der Waals surface area contributed by atoms with Gasteiger partial charge in [-0.1, -0.05) is 12.1 Å². The maximum atomic E-state index is 14.4. The average molecular weight is 331 g/mol. The third-order valence-corrected chi connectivity index (χ3v) is 3.72. The predicted octanol–water partition coefficient (Wildman–Crippen LogP) is 1.79. The molecule has 0 aliphatic carbocycles. The van der Waals surface area contributed by atoms with Crippen LogP contribution in [0.15, 0.2) is 43.4 Å². The molecule has 0 amide bonds. The summed E-state index contributed by atoms with van der Waals surface area (Å²) >= 11 is 0. The molecule has 6 nitrogen and oxygen atoms in total. The van der Waals surface area contributed by atoms with Crippen molar-refractivity contribution in [2.45, 2.75) is 25.5 Å². The van der Waals surface area contributed by atoms with Crippen LogP contribution in [0.5, 0.6) is 0 Å². The Morgan fingerprint density at radius 1 is 1.17 bits per heavy atom. The molecule has 0 fully saturated rings. The van der Waals surface area contributed by atoms with Gasteiger partial charge in [0, 0.05) is 12.0 Å². The molecule has 1 unspecified atom stereocenters. The minimum atomic E-state index is -1.75. The molecule has 0 aliphatic heterocycles. The van der Waals surface area contributed by atoms with Crippen molar-refractivity contribution >= 4 is 0 Å². The SMILES string of the molecule is Cc1ccc(C(O)(Cc2ncncc2F)Cn2cncn2)c(F)c1. The van der Waals surface area contributed by atoms with E-state index in [1.165, 1.54) is 35.8 Å². The molecular weight excluding hydrogens is 316 g/mol. The topological polar surface area (TPSA) is 76.7 Å². The van der Waals surface area contributed by atoms with Gasteiger partial charge in [-0.15, -0.1) is 0 Å². The van der Waals surface area contributed by atoms with Crippen LogP contribution in [0.25, 0.3) is 0 Å². The summed E-state index contributed by atoms with van der Waals surface area (Å²) in [5.41, 5.74) is -0.998. The van der Waals surface area contributed by atoms with Crippen molar-refractivity contribution in [2.75, 3.05) is 0 Å². The molecule has 0 spiro atoms. The lowest BCUT2D eigenvalue weighted by Crippen LogP contribution is -2.36. The number of aryl methyl sites for hydroxylation is 1. The standard InChI is InChI=1S/C16H15F2N5O/c1-11-2-3-12(13(17)4-11)16(24,7-23-10-20-9-22-23)5-15-14(18)6-19-8-21-15/h2-4,6,8-10,24H,5,7H2,1H3. The Bertz CT molecular complexity index is 840. The Morgan fingerprint density at radius 3 is 2.67 bits per heavy atom. The van der Waals surface area contributed by atoms with E-state index >= 15 is 0 Å². The monoisotopic (exact) mass is 331 g/mol. The summed E-state index contributed by atoms with van der Waals surface area (Å²) in [7, 11) is 0. The van der Waals surface area contributed by atoms with Crippen molar-refractivity contribution in [2.24, 2.45) is 0 Å². The summed E-state index contributed by atoms with van der Waals surface area (Å²) in [5.74, 6) is -1.24. The van der Waals surface area contributed by atoms with E-state index in [-0.39, 0.29) is 24.2 Å². The van der Waals surface area contributed by atoms with Gasteiger partial charge in [-0.05, 0) is 18.6 Å². The molecular formula is C16H15F2N5O. The number of rotatable bonds is 5. The zero-order valence-electron chi connectivity index (χ0n) is 12.9. The van der Waals surface area contributed by atoms with Crippen LogP contribution >= 0.6 is 0 Å². The molecule has 0 bridgehead atoms. The highest BCUT2D eigenvalue weighted by Crippen LogP contribution is 2.30.